The molecule has 2 N–H and O–H groups in total. The Kier molecular flexibility index (Phi) is 5.01. The van der Waals surface area contributed by atoms with E-state index in [2.05, 4.69) is 0 Å². The predicted molar refractivity (Wildman–Crippen MR) is 73.7 cm³/mol. The number of nitrogens with zero attached hydrogens (tertiary/aromatic N) is 1. The first-order chi connectivity index (χ1) is 9.97. The number of likely N-dealkylation sites (tertiary alicyclic amines) is 1. The Morgan fingerprint density at radius 3 is 2.71 bits per heavy atom. The van der Waals surface area contributed by atoms with Gasteiger partial charge in [0.05, 0.1) is 5.56 Å². The first kappa shape index (κ1) is 15.6. The number of hydrogen-bond donors (Lipinski definition) is 1. The Labute approximate surface area is 121 Å². The zero-order valence-electron chi connectivity index (χ0n) is 11.6. The van der Waals surface area contributed by atoms with Crippen LogP contribution in [0, 0.1) is 11.6 Å². The fourth-order valence-electron chi connectivity index (χ4n) is 2.47. The van der Waals surface area contributed by atoms with Crippen molar-refractivity contribution in [2.45, 2.75) is 31.7 Å². The lowest BCUT2D eigenvalue weighted by atomic mass is 10.0. The molecule has 4 nitrogen and oxygen atoms in total. The summed E-state index contributed by atoms with van der Waals surface area (Å²) in [4.78, 5) is 25.5. The maximum Gasteiger partial charge on any atom is 0.223 e. The molecule has 1 amide bonds. The molecule has 1 heterocycles. The average Bonchev–Trinajstić information content (AvgIpc) is 2.44. The standard InChI is InChI=1S/C15H18F2N2O2/c16-10-3-4-12(13(17)8-10)14(20)5-6-15(21)19-7-1-2-11(18)9-19/h3-4,8,11H,1-2,5-7,9,18H2. The van der Waals surface area contributed by atoms with Gasteiger partial charge in [-0.05, 0) is 25.0 Å². The highest BCUT2D eigenvalue weighted by atomic mass is 19.1. The van der Waals surface area contributed by atoms with Gasteiger partial charge < -0.3 is 10.6 Å². The Morgan fingerprint density at radius 2 is 2.05 bits per heavy atom. The number of carbonyl (C=O) groups excluding carboxylic acids is 2. The van der Waals surface area contributed by atoms with Crippen LogP contribution >= 0.6 is 0 Å². The predicted octanol–water partition coefficient (Wildman–Crippen LogP) is 1.88. The van der Waals surface area contributed by atoms with E-state index in [1.807, 2.05) is 0 Å². The van der Waals surface area contributed by atoms with Crippen molar-refractivity contribution in [3.8, 4) is 0 Å². The Balaban J connectivity index is 1.90. The number of hydrogen-bond acceptors (Lipinski definition) is 3. The molecular weight excluding hydrogens is 278 g/mol. The quantitative estimate of drug-likeness (QED) is 0.863. The highest BCUT2D eigenvalue weighted by Gasteiger charge is 2.22. The summed E-state index contributed by atoms with van der Waals surface area (Å²) >= 11 is 0. The fraction of sp³-hybridized carbons (Fsp3) is 0.467. The molecule has 1 aromatic rings. The molecule has 6 heteroatoms. The second-order valence-electron chi connectivity index (χ2n) is 5.29. The van der Waals surface area contributed by atoms with Gasteiger partial charge in [-0.15, -0.1) is 0 Å². The number of ketones is 1. The van der Waals surface area contributed by atoms with Gasteiger partial charge in [0.2, 0.25) is 5.91 Å². The summed E-state index contributed by atoms with van der Waals surface area (Å²) in [6.45, 7) is 1.14. The van der Waals surface area contributed by atoms with E-state index < -0.39 is 17.4 Å². The van der Waals surface area contributed by atoms with Crippen LogP contribution in [0.1, 0.15) is 36.0 Å². The van der Waals surface area contributed by atoms with Gasteiger partial charge in [0.25, 0.3) is 0 Å². The molecule has 1 atom stereocenters. The van der Waals surface area contributed by atoms with Crippen molar-refractivity contribution in [2.24, 2.45) is 5.73 Å². The summed E-state index contributed by atoms with van der Waals surface area (Å²) < 4.78 is 26.2. The van der Waals surface area contributed by atoms with Crippen LogP contribution in [-0.4, -0.2) is 35.7 Å². The molecular formula is C15H18F2N2O2. The minimum absolute atomic E-state index is 0.0162. The molecule has 2 rings (SSSR count). The molecule has 1 unspecified atom stereocenters. The van der Waals surface area contributed by atoms with Gasteiger partial charge in [0.15, 0.2) is 5.78 Å². The van der Waals surface area contributed by atoms with Gasteiger partial charge in [-0.2, -0.15) is 0 Å². The first-order valence-electron chi connectivity index (χ1n) is 6.99. The zero-order chi connectivity index (χ0) is 15.4. The van der Waals surface area contributed by atoms with E-state index in [4.69, 9.17) is 5.73 Å². The minimum atomic E-state index is -0.896. The summed E-state index contributed by atoms with van der Waals surface area (Å²) in [5, 5.41) is 0. The normalized spacial score (nSPS) is 18.6. The third kappa shape index (κ3) is 4.07. The van der Waals surface area contributed by atoms with Crippen molar-refractivity contribution >= 4 is 11.7 Å². The lowest BCUT2D eigenvalue weighted by molar-refractivity contribution is -0.132. The van der Waals surface area contributed by atoms with Gasteiger partial charge in [-0.1, -0.05) is 0 Å². The fourth-order valence-corrected chi connectivity index (χ4v) is 2.47. The summed E-state index contributed by atoms with van der Waals surface area (Å²) in [7, 11) is 0. The smallest absolute Gasteiger partial charge is 0.223 e. The molecule has 1 fully saturated rings. The van der Waals surface area contributed by atoms with Crippen molar-refractivity contribution in [1.29, 1.82) is 0 Å². The number of benzene rings is 1. The second-order valence-corrected chi connectivity index (χ2v) is 5.29. The minimum Gasteiger partial charge on any atom is -0.341 e. The molecule has 0 aliphatic carbocycles. The van der Waals surface area contributed by atoms with Gasteiger partial charge in [0, 0.05) is 38.0 Å². The van der Waals surface area contributed by atoms with Crippen LogP contribution in [0.3, 0.4) is 0 Å². The SMILES string of the molecule is NC1CCCN(C(=O)CCC(=O)c2ccc(F)cc2F)C1. The van der Waals surface area contributed by atoms with E-state index in [9.17, 15) is 18.4 Å². The van der Waals surface area contributed by atoms with Crippen LogP contribution in [0.25, 0.3) is 0 Å². The van der Waals surface area contributed by atoms with Crippen LogP contribution in [0.4, 0.5) is 8.78 Å². The zero-order valence-corrected chi connectivity index (χ0v) is 11.6. The van der Waals surface area contributed by atoms with Crippen LogP contribution in [0.15, 0.2) is 18.2 Å². The molecule has 1 aliphatic heterocycles. The van der Waals surface area contributed by atoms with Crippen molar-refractivity contribution in [1.82, 2.24) is 4.90 Å². The average molecular weight is 296 g/mol. The highest BCUT2D eigenvalue weighted by Crippen LogP contribution is 2.15. The number of carbonyl (C=O) groups is 2. The van der Waals surface area contributed by atoms with E-state index in [1.165, 1.54) is 0 Å². The Hall–Kier alpha value is -1.82. The van der Waals surface area contributed by atoms with Gasteiger partial charge in [0.1, 0.15) is 11.6 Å². The molecule has 0 bridgehead atoms. The first-order valence-corrected chi connectivity index (χ1v) is 6.99. The van der Waals surface area contributed by atoms with Crippen molar-refractivity contribution in [2.75, 3.05) is 13.1 Å². The van der Waals surface area contributed by atoms with Crippen molar-refractivity contribution in [3.63, 3.8) is 0 Å². The number of rotatable bonds is 4. The Morgan fingerprint density at radius 1 is 1.29 bits per heavy atom. The third-order valence-electron chi connectivity index (χ3n) is 3.61. The summed E-state index contributed by atoms with van der Waals surface area (Å²) in [6, 6.07) is 2.78. The number of amides is 1. The number of halogens is 2. The van der Waals surface area contributed by atoms with E-state index in [0.717, 1.165) is 25.0 Å². The van der Waals surface area contributed by atoms with Gasteiger partial charge >= 0.3 is 0 Å². The molecule has 0 spiro atoms. The topological polar surface area (TPSA) is 63.4 Å². The van der Waals surface area contributed by atoms with E-state index in [1.54, 1.807) is 4.90 Å². The molecule has 1 saturated heterocycles. The van der Waals surface area contributed by atoms with E-state index >= 15 is 0 Å². The number of Topliss-reactive ketones (excluding diaryl/α,β-unsaturated/α-hetero) is 1. The molecule has 0 radical (unpaired) electrons. The molecule has 114 valence electrons. The van der Waals surface area contributed by atoms with Gasteiger partial charge in [-0.3, -0.25) is 9.59 Å². The Bertz CT molecular complexity index is 548. The number of piperidine rings is 1. The molecule has 0 saturated carbocycles. The summed E-state index contributed by atoms with van der Waals surface area (Å²) in [5.41, 5.74) is 5.62. The molecule has 21 heavy (non-hydrogen) atoms. The summed E-state index contributed by atoms with van der Waals surface area (Å²) in [6.07, 6.45) is 1.67. The van der Waals surface area contributed by atoms with Crippen LogP contribution in [0.2, 0.25) is 0 Å². The lowest BCUT2D eigenvalue weighted by Gasteiger charge is -2.30. The third-order valence-corrected chi connectivity index (χ3v) is 3.61. The van der Waals surface area contributed by atoms with Crippen LogP contribution in [0.5, 0.6) is 0 Å². The maximum atomic E-state index is 13.5. The van der Waals surface area contributed by atoms with Crippen molar-refractivity contribution < 1.29 is 18.4 Å². The van der Waals surface area contributed by atoms with Crippen molar-refractivity contribution in [3.05, 3.63) is 35.4 Å². The molecule has 0 aromatic heterocycles. The molecule has 1 aromatic carbocycles. The van der Waals surface area contributed by atoms with Gasteiger partial charge in [-0.25, -0.2) is 8.78 Å². The monoisotopic (exact) mass is 296 g/mol. The largest absolute Gasteiger partial charge is 0.341 e. The van der Waals surface area contributed by atoms with E-state index in [0.29, 0.717) is 19.2 Å². The van der Waals surface area contributed by atoms with Crippen LogP contribution < -0.4 is 5.73 Å². The number of nitrogens with two attached hydrogens (primary N) is 1. The maximum absolute atomic E-state index is 13.5. The van der Waals surface area contributed by atoms with Crippen LogP contribution in [-0.2, 0) is 4.79 Å². The molecule has 1 aliphatic rings. The highest BCUT2D eigenvalue weighted by molar-refractivity contribution is 5.98. The lowest BCUT2D eigenvalue weighted by Crippen LogP contribution is -2.45. The summed E-state index contributed by atoms with van der Waals surface area (Å²) in [5.74, 6) is -2.28. The second kappa shape index (κ2) is 6.76. The van der Waals surface area contributed by atoms with E-state index in [-0.39, 0.29) is 30.4 Å².